The van der Waals surface area contributed by atoms with Crippen molar-refractivity contribution in [3.05, 3.63) is 182 Å². The Kier molecular flexibility index (Phi) is 6.78. The molecule has 0 radical (unpaired) electrons. The number of hydrogen-bond donors (Lipinski definition) is 0. The van der Waals surface area contributed by atoms with Crippen LogP contribution in [-0.2, 0) is 0 Å². The third-order valence-corrected chi connectivity index (χ3v) is 9.82. The molecule has 0 aliphatic heterocycles. The Bertz CT molecular complexity index is 2850. The Labute approximate surface area is 295 Å². The smallest absolute Gasteiger partial charge is 0.164 e. The highest BCUT2D eigenvalue weighted by atomic mass is 15.0. The van der Waals surface area contributed by atoms with Crippen molar-refractivity contribution in [2.24, 2.45) is 0 Å². The molecule has 2 aromatic heterocycles. The summed E-state index contributed by atoms with van der Waals surface area (Å²) < 4.78 is 2.37. The van der Waals surface area contributed by atoms with Crippen molar-refractivity contribution < 1.29 is 0 Å². The fourth-order valence-electron chi connectivity index (χ4n) is 7.43. The van der Waals surface area contributed by atoms with E-state index in [0.717, 1.165) is 33.4 Å². The van der Waals surface area contributed by atoms with Gasteiger partial charge >= 0.3 is 0 Å². The van der Waals surface area contributed by atoms with Gasteiger partial charge in [0.05, 0.1) is 11.0 Å². The van der Waals surface area contributed by atoms with Gasteiger partial charge in [0.1, 0.15) is 0 Å². The standard InChI is InChI=1S/C47H30N4/c1-3-14-33(15-4-1)45-48-46(34-16-5-2-6-17-34)50-47(49-45)36-19-11-20-37(29-36)51-42-24-10-9-22-40(42)44-41-30-35(26-25-32(41)27-28-43(44)51)39-23-12-18-31-13-7-8-21-38(31)39/h1-30H. The maximum atomic E-state index is 5.02. The third-order valence-electron chi connectivity index (χ3n) is 9.82. The number of nitrogens with zero attached hydrogens (tertiary/aromatic N) is 4. The van der Waals surface area contributed by atoms with E-state index in [1.165, 1.54) is 43.4 Å². The second-order valence-electron chi connectivity index (χ2n) is 12.9. The van der Waals surface area contributed by atoms with Crippen LogP contribution in [0.15, 0.2) is 182 Å². The molecule has 8 aromatic carbocycles. The molecule has 0 atom stereocenters. The normalized spacial score (nSPS) is 11.5. The maximum Gasteiger partial charge on any atom is 0.164 e. The summed E-state index contributed by atoms with van der Waals surface area (Å²) in [5.41, 5.74) is 8.63. The van der Waals surface area contributed by atoms with Crippen molar-refractivity contribution in [2.45, 2.75) is 0 Å². The molecule has 10 aromatic rings. The van der Waals surface area contributed by atoms with E-state index in [2.05, 4.69) is 126 Å². The monoisotopic (exact) mass is 650 g/mol. The van der Waals surface area contributed by atoms with Gasteiger partial charge in [-0.2, -0.15) is 0 Å². The summed E-state index contributed by atoms with van der Waals surface area (Å²) in [6.07, 6.45) is 0. The highest BCUT2D eigenvalue weighted by molar-refractivity contribution is 6.22. The van der Waals surface area contributed by atoms with Gasteiger partial charge in [-0.25, -0.2) is 15.0 Å². The fourth-order valence-corrected chi connectivity index (χ4v) is 7.43. The summed E-state index contributed by atoms with van der Waals surface area (Å²) >= 11 is 0. The topological polar surface area (TPSA) is 43.6 Å². The molecule has 0 saturated heterocycles. The van der Waals surface area contributed by atoms with Gasteiger partial charge in [-0.3, -0.25) is 0 Å². The number of rotatable bonds is 5. The molecule has 4 nitrogen and oxygen atoms in total. The number of hydrogen-bond acceptors (Lipinski definition) is 3. The lowest BCUT2D eigenvalue weighted by Gasteiger charge is -2.12. The van der Waals surface area contributed by atoms with E-state index in [1.807, 2.05) is 60.7 Å². The van der Waals surface area contributed by atoms with Gasteiger partial charge in [-0.05, 0) is 63.0 Å². The first-order valence-corrected chi connectivity index (χ1v) is 17.2. The Morgan fingerprint density at radius 3 is 1.67 bits per heavy atom. The van der Waals surface area contributed by atoms with Gasteiger partial charge in [-0.15, -0.1) is 0 Å². The molecule has 0 fully saturated rings. The number of benzene rings is 8. The molecule has 0 amide bonds. The Hall–Kier alpha value is -6.91. The van der Waals surface area contributed by atoms with Crippen LogP contribution in [0.2, 0.25) is 0 Å². The molecule has 0 bridgehead atoms. The van der Waals surface area contributed by atoms with Gasteiger partial charge in [0.2, 0.25) is 0 Å². The Morgan fingerprint density at radius 2 is 0.902 bits per heavy atom. The quantitative estimate of drug-likeness (QED) is 0.186. The SMILES string of the molecule is c1ccc(-c2nc(-c3ccccc3)nc(-c3cccc(-n4c5ccccc5c5c6cc(-c7cccc8ccccc78)ccc6ccc54)c3)n2)cc1. The average Bonchev–Trinajstić information content (AvgIpc) is 3.56. The van der Waals surface area contributed by atoms with Gasteiger partial charge < -0.3 is 4.57 Å². The second-order valence-corrected chi connectivity index (χ2v) is 12.9. The minimum atomic E-state index is 0.635. The van der Waals surface area contributed by atoms with Gasteiger partial charge in [0.25, 0.3) is 0 Å². The minimum absolute atomic E-state index is 0.635. The molecule has 0 spiro atoms. The molecule has 2 heterocycles. The zero-order valence-corrected chi connectivity index (χ0v) is 27.6. The van der Waals surface area contributed by atoms with Crippen molar-refractivity contribution in [1.29, 1.82) is 0 Å². The predicted octanol–water partition coefficient (Wildman–Crippen LogP) is 11.9. The van der Waals surface area contributed by atoms with Crippen molar-refractivity contribution in [3.63, 3.8) is 0 Å². The Morgan fingerprint density at radius 1 is 0.333 bits per heavy atom. The molecular formula is C47H30N4. The molecule has 4 heteroatoms. The molecule has 0 saturated carbocycles. The largest absolute Gasteiger partial charge is 0.309 e. The van der Waals surface area contributed by atoms with Crippen LogP contribution in [-0.4, -0.2) is 19.5 Å². The third kappa shape index (κ3) is 4.96. The lowest BCUT2D eigenvalue weighted by Crippen LogP contribution is -2.01. The summed E-state index contributed by atoms with van der Waals surface area (Å²) in [6, 6.07) is 64.0. The molecule has 238 valence electrons. The second kappa shape index (κ2) is 11.9. The van der Waals surface area contributed by atoms with Crippen LogP contribution in [0.3, 0.4) is 0 Å². The van der Waals surface area contributed by atoms with Gasteiger partial charge in [0, 0.05) is 33.2 Å². The highest BCUT2D eigenvalue weighted by Crippen LogP contribution is 2.40. The molecule has 0 aliphatic carbocycles. The summed E-state index contributed by atoms with van der Waals surface area (Å²) in [4.78, 5) is 14.9. The zero-order chi connectivity index (χ0) is 33.7. The first-order valence-electron chi connectivity index (χ1n) is 17.2. The van der Waals surface area contributed by atoms with Crippen LogP contribution in [0, 0.1) is 0 Å². The highest BCUT2D eigenvalue weighted by Gasteiger charge is 2.18. The number of para-hydroxylation sites is 1. The first-order chi connectivity index (χ1) is 25.3. The lowest BCUT2D eigenvalue weighted by molar-refractivity contribution is 1.07. The van der Waals surface area contributed by atoms with Gasteiger partial charge in [0.15, 0.2) is 17.5 Å². The van der Waals surface area contributed by atoms with Crippen LogP contribution in [0.25, 0.3) is 94.3 Å². The van der Waals surface area contributed by atoms with Crippen molar-refractivity contribution >= 4 is 43.4 Å². The van der Waals surface area contributed by atoms with Crippen LogP contribution < -0.4 is 0 Å². The summed E-state index contributed by atoms with van der Waals surface area (Å²) in [5, 5.41) is 7.42. The van der Waals surface area contributed by atoms with E-state index in [-0.39, 0.29) is 0 Å². The first kappa shape index (κ1) is 29.0. The summed E-state index contributed by atoms with van der Waals surface area (Å²) in [7, 11) is 0. The van der Waals surface area contributed by atoms with E-state index < -0.39 is 0 Å². The Balaban J connectivity index is 1.17. The molecule has 0 aliphatic rings. The predicted molar refractivity (Wildman–Crippen MR) is 211 cm³/mol. The van der Waals surface area contributed by atoms with E-state index in [0.29, 0.717) is 17.5 Å². The average molecular weight is 651 g/mol. The van der Waals surface area contributed by atoms with Crippen LogP contribution in [0.1, 0.15) is 0 Å². The van der Waals surface area contributed by atoms with Crippen molar-refractivity contribution in [1.82, 2.24) is 19.5 Å². The van der Waals surface area contributed by atoms with E-state index in [9.17, 15) is 0 Å². The minimum Gasteiger partial charge on any atom is -0.309 e. The molecule has 10 rings (SSSR count). The maximum absolute atomic E-state index is 5.02. The van der Waals surface area contributed by atoms with Crippen LogP contribution >= 0.6 is 0 Å². The van der Waals surface area contributed by atoms with Crippen molar-refractivity contribution in [3.8, 4) is 51.0 Å². The number of aromatic nitrogens is 4. The van der Waals surface area contributed by atoms with E-state index in [1.54, 1.807) is 0 Å². The van der Waals surface area contributed by atoms with Gasteiger partial charge in [-0.1, -0.05) is 152 Å². The molecular weight excluding hydrogens is 621 g/mol. The van der Waals surface area contributed by atoms with Crippen LogP contribution in [0.5, 0.6) is 0 Å². The molecule has 51 heavy (non-hydrogen) atoms. The van der Waals surface area contributed by atoms with E-state index in [4.69, 9.17) is 15.0 Å². The lowest BCUT2D eigenvalue weighted by atomic mass is 9.95. The molecule has 0 N–H and O–H groups in total. The zero-order valence-electron chi connectivity index (χ0n) is 27.6. The summed E-state index contributed by atoms with van der Waals surface area (Å²) in [6.45, 7) is 0. The van der Waals surface area contributed by atoms with Crippen molar-refractivity contribution in [2.75, 3.05) is 0 Å². The summed E-state index contributed by atoms with van der Waals surface area (Å²) in [5.74, 6) is 1.93. The van der Waals surface area contributed by atoms with Crippen LogP contribution in [0.4, 0.5) is 0 Å². The fraction of sp³-hybridized carbons (Fsp3) is 0. The molecule has 0 unspecified atom stereocenters. The number of fused-ring (bicyclic) bond motifs is 6. The van der Waals surface area contributed by atoms with E-state index >= 15 is 0 Å².